The van der Waals surface area contributed by atoms with Crippen LogP contribution < -0.4 is 15.3 Å². The first-order valence-electron chi connectivity index (χ1n) is 6.33. The summed E-state index contributed by atoms with van der Waals surface area (Å²) in [5, 5.41) is 3.55. The third kappa shape index (κ3) is 3.29. The molecule has 0 aliphatic carbocycles. The lowest BCUT2D eigenvalue weighted by atomic mass is 10.1. The predicted molar refractivity (Wildman–Crippen MR) is 80.3 cm³/mol. The van der Waals surface area contributed by atoms with Gasteiger partial charge >= 0.3 is 0 Å². The molecule has 0 atom stereocenters. The summed E-state index contributed by atoms with van der Waals surface area (Å²) in [7, 11) is 1.61. The Bertz CT molecular complexity index is 592. The van der Waals surface area contributed by atoms with Crippen LogP contribution in [0.25, 0.3) is 0 Å². The van der Waals surface area contributed by atoms with Gasteiger partial charge in [0.25, 0.3) is 0 Å². The fourth-order valence-corrected chi connectivity index (χ4v) is 1.87. The third-order valence-electron chi connectivity index (χ3n) is 2.95. The molecular formula is C16H18N2O2. The molecule has 2 aromatic rings. The largest absolute Gasteiger partial charge is 0.493 e. The number of ether oxygens (including phenoxy) is 2. The van der Waals surface area contributed by atoms with Crippen molar-refractivity contribution in [3.8, 4) is 11.5 Å². The van der Waals surface area contributed by atoms with Crippen LogP contribution in [0.15, 0.2) is 47.6 Å². The molecule has 0 amide bonds. The molecule has 0 bridgehead atoms. The molecule has 0 heterocycles. The molecule has 0 saturated heterocycles. The Morgan fingerprint density at radius 1 is 1.15 bits per heavy atom. The second kappa shape index (κ2) is 6.61. The maximum atomic E-state index is 5.87. The average molecular weight is 270 g/mol. The Morgan fingerprint density at radius 3 is 2.55 bits per heavy atom. The minimum Gasteiger partial charge on any atom is -0.493 e. The monoisotopic (exact) mass is 270 g/mol. The molecule has 0 radical (unpaired) electrons. The Kier molecular flexibility index (Phi) is 4.60. The molecule has 0 aliphatic rings. The lowest BCUT2D eigenvalue weighted by Crippen LogP contribution is -2.01. The van der Waals surface area contributed by atoms with E-state index >= 15 is 0 Å². The number of benzene rings is 2. The zero-order valence-corrected chi connectivity index (χ0v) is 11.7. The van der Waals surface area contributed by atoms with Gasteiger partial charge in [-0.1, -0.05) is 35.9 Å². The van der Waals surface area contributed by atoms with Gasteiger partial charge in [0.1, 0.15) is 6.61 Å². The molecule has 2 rings (SSSR count). The number of rotatable bonds is 5. The van der Waals surface area contributed by atoms with Crippen molar-refractivity contribution in [2.45, 2.75) is 13.5 Å². The van der Waals surface area contributed by atoms with Crippen LogP contribution in [0.4, 0.5) is 0 Å². The van der Waals surface area contributed by atoms with E-state index in [4.69, 9.17) is 15.3 Å². The highest BCUT2D eigenvalue weighted by atomic mass is 16.5. The first-order valence-corrected chi connectivity index (χ1v) is 6.33. The van der Waals surface area contributed by atoms with Gasteiger partial charge in [-0.25, -0.2) is 0 Å². The van der Waals surface area contributed by atoms with Gasteiger partial charge in [-0.05, 0) is 24.6 Å². The maximum Gasteiger partial charge on any atom is 0.170 e. The zero-order chi connectivity index (χ0) is 14.4. The SMILES string of the molecule is COc1cccc(C=NN)c1OCc1ccc(C)cc1. The van der Waals surface area contributed by atoms with Crippen molar-refractivity contribution >= 4 is 6.21 Å². The van der Waals surface area contributed by atoms with Gasteiger partial charge in [-0.15, -0.1) is 0 Å². The second-order valence-corrected chi connectivity index (χ2v) is 4.43. The Balaban J connectivity index is 2.21. The topological polar surface area (TPSA) is 56.8 Å². The van der Waals surface area contributed by atoms with Crippen LogP contribution in [0.1, 0.15) is 16.7 Å². The first kappa shape index (κ1) is 13.9. The van der Waals surface area contributed by atoms with Crippen LogP contribution in [0, 0.1) is 6.92 Å². The van der Waals surface area contributed by atoms with Gasteiger partial charge in [0.2, 0.25) is 0 Å². The maximum absolute atomic E-state index is 5.87. The smallest absolute Gasteiger partial charge is 0.170 e. The van der Waals surface area contributed by atoms with Crippen molar-refractivity contribution in [3.63, 3.8) is 0 Å². The molecule has 0 aliphatic heterocycles. The minimum atomic E-state index is 0.464. The van der Waals surface area contributed by atoms with Gasteiger partial charge in [0.15, 0.2) is 11.5 Å². The van der Waals surface area contributed by atoms with Crippen LogP contribution in [-0.2, 0) is 6.61 Å². The van der Waals surface area contributed by atoms with Crippen molar-refractivity contribution in [3.05, 3.63) is 59.2 Å². The summed E-state index contributed by atoms with van der Waals surface area (Å²) in [6.07, 6.45) is 1.55. The van der Waals surface area contributed by atoms with Crippen molar-refractivity contribution in [2.24, 2.45) is 10.9 Å². The average Bonchev–Trinajstić information content (AvgIpc) is 2.47. The molecule has 0 spiro atoms. The van der Waals surface area contributed by atoms with E-state index in [1.807, 2.05) is 30.3 Å². The fourth-order valence-electron chi connectivity index (χ4n) is 1.87. The normalized spacial score (nSPS) is 10.7. The van der Waals surface area contributed by atoms with Crippen molar-refractivity contribution in [2.75, 3.05) is 7.11 Å². The van der Waals surface area contributed by atoms with Crippen LogP contribution in [-0.4, -0.2) is 13.3 Å². The summed E-state index contributed by atoms with van der Waals surface area (Å²) >= 11 is 0. The number of aryl methyl sites for hydroxylation is 1. The summed E-state index contributed by atoms with van der Waals surface area (Å²) in [5.41, 5.74) is 3.11. The van der Waals surface area contributed by atoms with Gasteiger partial charge in [-0.2, -0.15) is 5.10 Å². The lowest BCUT2D eigenvalue weighted by molar-refractivity contribution is 0.284. The van der Waals surface area contributed by atoms with E-state index in [2.05, 4.69) is 24.2 Å². The van der Waals surface area contributed by atoms with E-state index in [1.54, 1.807) is 13.3 Å². The highest BCUT2D eigenvalue weighted by Crippen LogP contribution is 2.30. The Morgan fingerprint density at radius 2 is 1.90 bits per heavy atom. The third-order valence-corrected chi connectivity index (χ3v) is 2.95. The van der Waals surface area contributed by atoms with Crippen LogP contribution in [0.2, 0.25) is 0 Å². The molecule has 4 heteroatoms. The number of para-hydroxylation sites is 1. The van der Waals surface area contributed by atoms with E-state index in [0.717, 1.165) is 11.1 Å². The molecule has 2 aromatic carbocycles. The lowest BCUT2D eigenvalue weighted by Gasteiger charge is -2.13. The molecular weight excluding hydrogens is 252 g/mol. The summed E-state index contributed by atoms with van der Waals surface area (Å²) < 4.78 is 11.2. The van der Waals surface area contributed by atoms with Crippen LogP contribution in [0.3, 0.4) is 0 Å². The van der Waals surface area contributed by atoms with Gasteiger partial charge in [0, 0.05) is 5.56 Å². The van der Waals surface area contributed by atoms with Crippen LogP contribution >= 0.6 is 0 Å². The number of hydrogen-bond acceptors (Lipinski definition) is 4. The molecule has 20 heavy (non-hydrogen) atoms. The zero-order valence-electron chi connectivity index (χ0n) is 11.7. The second-order valence-electron chi connectivity index (χ2n) is 4.43. The molecule has 2 N–H and O–H groups in total. The molecule has 0 saturated carbocycles. The number of nitrogens with zero attached hydrogens (tertiary/aromatic N) is 1. The standard InChI is InChI=1S/C16H18N2O2/c1-12-6-8-13(9-7-12)11-20-16-14(10-18-17)4-3-5-15(16)19-2/h3-10H,11,17H2,1-2H3. The van der Waals surface area contributed by atoms with Crippen LogP contribution in [0.5, 0.6) is 11.5 Å². The van der Waals surface area contributed by atoms with E-state index < -0.39 is 0 Å². The van der Waals surface area contributed by atoms with E-state index in [1.165, 1.54) is 5.56 Å². The highest BCUT2D eigenvalue weighted by Gasteiger charge is 2.09. The quantitative estimate of drug-likeness (QED) is 0.516. The van der Waals surface area contributed by atoms with E-state index in [-0.39, 0.29) is 0 Å². The number of methoxy groups -OCH3 is 1. The Hall–Kier alpha value is -2.49. The number of nitrogens with two attached hydrogens (primary N) is 1. The number of hydrogen-bond donors (Lipinski definition) is 1. The first-order chi connectivity index (χ1) is 9.74. The number of hydrazone groups is 1. The van der Waals surface area contributed by atoms with Gasteiger partial charge < -0.3 is 15.3 Å². The van der Waals surface area contributed by atoms with Gasteiger partial charge in [-0.3, -0.25) is 0 Å². The minimum absolute atomic E-state index is 0.464. The Labute approximate surface area is 118 Å². The predicted octanol–water partition coefficient (Wildman–Crippen LogP) is 2.88. The molecule has 0 fully saturated rings. The van der Waals surface area contributed by atoms with Crippen molar-refractivity contribution < 1.29 is 9.47 Å². The van der Waals surface area contributed by atoms with E-state index in [0.29, 0.717) is 18.1 Å². The van der Waals surface area contributed by atoms with Crippen molar-refractivity contribution in [1.82, 2.24) is 0 Å². The summed E-state index contributed by atoms with van der Waals surface area (Å²) in [6, 6.07) is 13.8. The molecule has 0 unspecified atom stereocenters. The molecule has 0 aromatic heterocycles. The van der Waals surface area contributed by atoms with E-state index in [9.17, 15) is 0 Å². The highest BCUT2D eigenvalue weighted by molar-refractivity contribution is 5.84. The molecule has 4 nitrogen and oxygen atoms in total. The molecule has 104 valence electrons. The summed E-state index contributed by atoms with van der Waals surface area (Å²) in [4.78, 5) is 0. The summed E-state index contributed by atoms with van der Waals surface area (Å²) in [5.74, 6) is 6.52. The van der Waals surface area contributed by atoms with Crippen molar-refractivity contribution in [1.29, 1.82) is 0 Å². The fraction of sp³-hybridized carbons (Fsp3) is 0.188. The van der Waals surface area contributed by atoms with Gasteiger partial charge in [0.05, 0.1) is 13.3 Å². The summed E-state index contributed by atoms with van der Waals surface area (Å²) in [6.45, 7) is 2.52.